The van der Waals surface area contributed by atoms with Crippen LogP contribution in [0.4, 0.5) is 0 Å². The summed E-state index contributed by atoms with van der Waals surface area (Å²) in [6, 6.07) is 2.50. The van der Waals surface area contributed by atoms with Crippen molar-refractivity contribution in [1.29, 1.82) is 0 Å². The van der Waals surface area contributed by atoms with Crippen molar-refractivity contribution < 1.29 is 4.74 Å². The normalized spacial score (nSPS) is 22.1. The number of hydrogen-bond donors (Lipinski definition) is 1. The van der Waals surface area contributed by atoms with Crippen molar-refractivity contribution in [2.45, 2.75) is 78.0 Å². The Bertz CT molecular complexity index is 443. The first-order valence-electron chi connectivity index (χ1n) is 8.28. The van der Waals surface area contributed by atoms with Crippen LogP contribution in [0.15, 0.2) is 12.3 Å². The van der Waals surface area contributed by atoms with E-state index < -0.39 is 0 Å². The minimum atomic E-state index is -0.143. The first kappa shape index (κ1) is 16.5. The lowest BCUT2D eigenvalue weighted by atomic mass is 9.71. The molecule has 1 aromatic heterocycles. The van der Waals surface area contributed by atoms with Crippen LogP contribution in [0.5, 0.6) is 0 Å². The van der Waals surface area contributed by atoms with Gasteiger partial charge in [0.15, 0.2) is 0 Å². The lowest BCUT2D eigenvalue weighted by Gasteiger charge is -2.42. The molecule has 1 atom stereocenters. The maximum atomic E-state index is 6.23. The Hall–Kier alpha value is -0.870. The summed E-state index contributed by atoms with van der Waals surface area (Å²) in [5.41, 5.74) is 7.31. The fraction of sp³-hybridized carbons (Fsp3) is 0.824. The number of ether oxygens (including phenoxy) is 1. The molecule has 2 N–H and O–H groups in total. The smallest absolute Gasteiger partial charge is 0.0914 e. The minimum absolute atomic E-state index is 0.143. The van der Waals surface area contributed by atoms with Gasteiger partial charge in [0, 0.05) is 18.8 Å². The third-order valence-electron chi connectivity index (χ3n) is 5.12. The molecule has 120 valence electrons. The number of hydrogen-bond acceptors (Lipinski definition) is 3. The van der Waals surface area contributed by atoms with Crippen molar-refractivity contribution in [3.05, 3.63) is 18.0 Å². The predicted octanol–water partition coefficient (Wildman–Crippen LogP) is 3.67. The highest BCUT2D eigenvalue weighted by atomic mass is 16.5. The molecule has 1 aliphatic rings. The Labute approximate surface area is 129 Å². The molecule has 1 fully saturated rings. The van der Waals surface area contributed by atoms with Gasteiger partial charge in [0.25, 0.3) is 0 Å². The fourth-order valence-electron chi connectivity index (χ4n) is 2.90. The molecule has 1 aliphatic carbocycles. The maximum absolute atomic E-state index is 6.23. The summed E-state index contributed by atoms with van der Waals surface area (Å²) in [4.78, 5) is 0. The third-order valence-corrected chi connectivity index (χ3v) is 5.12. The van der Waals surface area contributed by atoms with Crippen LogP contribution in [-0.4, -0.2) is 21.9 Å². The van der Waals surface area contributed by atoms with Gasteiger partial charge in [-0.2, -0.15) is 5.10 Å². The first-order chi connectivity index (χ1) is 9.90. The summed E-state index contributed by atoms with van der Waals surface area (Å²) in [6.45, 7) is 10.2. The number of aromatic nitrogens is 2. The number of rotatable bonds is 6. The minimum Gasteiger partial charge on any atom is -0.367 e. The summed E-state index contributed by atoms with van der Waals surface area (Å²) in [6.07, 6.45) is 7.62. The second-order valence-corrected chi connectivity index (χ2v) is 7.38. The topological polar surface area (TPSA) is 53.1 Å². The summed E-state index contributed by atoms with van der Waals surface area (Å²) in [5, 5.41) is 4.61. The molecule has 0 amide bonds. The van der Waals surface area contributed by atoms with Crippen LogP contribution in [0.2, 0.25) is 0 Å². The van der Waals surface area contributed by atoms with Gasteiger partial charge in [0.1, 0.15) is 0 Å². The van der Waals surface area contributed by atoms with Gasteiger partial charge in [-0.1, -0.05) is 20.8 Å². The van der Waals surface area contributed by atoms with Crippen molar-refractivity contribution in [3.63, 3.8) is 0 Å². The van der Waals surface area contributed by atoms with E-state index in [9.17, 15) is 0 Å². The van der Waals surface area contributed by atoms with E-state index in [-0.39, 0.29) is 5.60 Å². The predicted molar refractivity (Wildman–Crippen MR) is 86.1 cm³/mol. The molecule has 4 heteroatoms. The van der Waals surface area contributed by atoms with E-state index in [2.05, 4.69) is 38.9 Å². The molecule has 0 aromatic carbocycles. The molecule has 0 radical (unpaired) electrons. The van der Waals surface area contributed by atoms with Gasteiger partial charge in [0.05, 0.1) is 17.9 Å². The van der Waals surface area contributed by atoms with Gasteiger partial charge in [-0.3, -0.25) is 4.68 Å². The molecule has 2 rings (SSSR count). The average molecular weight is 293 g/mol. The van der Waals surface area contributed by atoms with E-state index in [1.165, 1.54) is 12.8 Å². The quantitative estimate of drug-likeness (QED) is 0.870. The monoisotopic (exact) mass is 293 g/mol. The lowest BCUT2D eigenvalue weighted by molar-refractivity contribution is -0.0914. The van der Waals surface area contributed by atoms with Crippen molar-refractivity contribution in [1.82, 2.24) is 9.78 Å². The molecule has 1 unspecified atom stereocenters. The second kappa shape index (κ2) is 6.49. The van der Waals surface area contributed by atoms with E-state index in [4.69, 9.17) is 10.5 Å². The zero-order valence-corrected chi connectivity index (χ0v) is 14.1. The van der Waals surface area contributed by atoms with Gasteiger partial charge in [-0.05, 0) is 50.5 Å². The Morgan fingerprint density at radius 1 is 1.33 bits per heavy atom. The Balaban J connectivity index is 1.93. The van der Waals surface area contributed by atoms with Gasteiger partial charge in [-0.25, -0.2) is 0 Å². The summed E-state index contributed by atoms with van der Waals surface area (Å²) in [5.74, 6) is 0. The van der Waals surface area contributed by atoms with Crippen molar-refractivity contribution in [2.24, 2.45) is 11.1 Å². The zero-order valence-electron chi connectivity index (χ0n) is 14.1. The van der Waals surface area contributed by atoms with Crippen molar-refractivity contribution in [3.8, 4) is 0 Å². The Morgan fingerprint density at radius 3 is 2.57 bits per heavy atom. The molecule has 0 bridgehead atoms. The molecule has 1 heterocycles. The van der Waals surface area contributed by atoms with E-state index in [1.54, 1.807) is 0 Å². The Kier molecular flexibility index (Phi) is 5.10. The highest BCUT2D eigenvalue weighted by molar-refractivity contribution is 4.99. The van der Waals surface area contributed by atoms with Crippen LogP contribution in [0.3, 0.4) is 0 Å². The summed E-state index contributed by atoms with van der Waals surface area (Å²) < 4.78 is 8.25. The molecule has 1 saturated carbocycles. The molecular weight excluding hydrogens is 262 g/mol. The van der Waals surface area contributed by atoms with Crippen LogP contribution in [0.25, 0.3) is 0 Å². The molecule has 0 saturated heterocycles. The first-order valence-corrected chi connectivity index (χ1v) is 8.28. The maximum Gasteiger partial charge on any atom is 0.0914 e. The Morgan fingerprint density at radius 2 is 2.00 bits per heavy atom. The van der Waals surface area contributed by atoms with Gasteiger partial charge in [-0.15, -0.1) is 0 Å². The molecule has 0 spiro atoms. The van der Waals surface area contributed by atoms with Gasteiger partial charge in [0.2, 0.25) is 0 Å². The van der Waals surface area contributed by atoms with E-state index >= 15 is 0 Å². The van der Waals surface area contributed by atoms with Gasteiger partial charge < -0.3 is 10.5 Å². The largest absolute Gasteiger partial charge is 0.367 e. The van der Waals surface area contributed by atoms with Crippen molar-refractivity contribution in [2.75, 3.05) is 6.54 Å². The summed E-state index contributed by atoms with van der Waals surface area (Å²) in [7, 11) is 0. The number of nitrogens with zero attached hydrogens (tertiary/aromatic N) is 2. The van der Waals surface area contributed by atoms with Crippen LogP contribution in [0.1, 0.15) is 71.5 Å². The molecule has 4 nitrogen and oxygen atoms in total. The second-order valence-electron chi connectivity index (χ2n) is 7.38. The fourth-order valence-corrected chi connectivity index (χ4v) is 2.90. The molecule has 21 heavy (non-hydrogen) atoms. The highest BCUT2D eigenvalue weighted by Crippen LogP contribution is 2.41. The van der Waals surface area contributed by atoms with Gasteiger partial charge >= 0.3 is 0 Å². The summed E-state index contributed by atoms with van der Waals surface area (Å²) >= 11 is 0. The molecule has 1 aromatic rings. The standard InChI is InChI=1S/C17H31N3O/c1-5-14(2)20-11-6-15(19-20)12-21-17(13-18)9-7-16(3,4)8-10-17/h6,11,14H,5,7-10,12-13,18H2,1-4H3. The van der Waals surface area contributed by atoms with Crippen molar-refractivity contribution >= 4 is 0 Å². The molecular formula is C17H31N3O. The van der Waals surface area contributed by atoms with Crippen LogP contribution in [0, 0.1) is 5.41 Å². The third kappa shape index (κ3) is 4.07. The van der Waals surface area contributed by atoms with E-state index in [0.717, 1.165) is 25.0 Å². The van der Waals surface area contributed by atoms with Crippen LogP contribution >= 0.6 is 0 Å². The lowest BCUT2D eigenvalue weighted by Crippen LogP contribution is -2.45. The van der Waals surface area contributed by atoms with Crippen LogP contribution < -0.4 is 5.73 Å². The SMILES string of the molecule is CCC(C)n1ccc(COC2(CN)CCC(C)(C)CC2)n1. The molecule has 0 aliphatic heterocycles. The average Bonchev–Trinajstić information content (AvgIpc) is 2.95. The zero-order chi connectivity index (χ0) is 15.5. The highest BCUT2D eigenvalue weighted by Gasteiger charge is 2.38. The van der Waals surface area contributed by atoms with E-state index in [1.807, 2.05) is 10.9 Å². The van der Waals surface area contributed by atoms with E-state index in [0.29, 0.717) is 24.6 Å². The van der Waals surface area contributed by atoms with Crippen LogP contribution in [-0.2, 0) is 11.3 Å². The number of nitrogens with two attached hydrogens (primary N) is 1.